The number of likely N-dealkylation sites (tertiary alicyclic amines) is 1. The SMILES string of the molecule is O=C(CC(=O)NCCC(=O)NCC1[C@H]2CN(Cc3ccccc3)C[C@@H]12)CC(c1ccccc1)(c1ccccc1)c1ccccc1. The van der Waals surface area contributed by atoms with Crippen molar-refractivity contribution in [3.63, 3.8) is 0 Å². The number of rotatable bonds is 14. The number of carbonyl (C=O) groups is 3. The molecule has 0 radical (unpaired) electrons. The van der Waals surface area contributed by atoms with Crippen LogP contribution in [0.15, 0.2) is 121 Å². The number of fused-ring (bicyclic) bond motifs is 1. The topological polar surface area (TPSA) is 78.5 Å². The molecule has 1 heterocycles. The Bertz CT molecular complexity index is 1470. The number of amides is 2. The van der Waals surface area contributed by atoms with Gasteiger partial charge in [-0.05, 0) is 40.0 Å². The molecule has 2 aliphatic rings. The van der Waals surface area contributed by atoms with Crippen LogP contribution in [0.3, 0.4) is 0 Å². The Morgan fingerprint density at radius 1 is 0.644 bits per heavy atom. The van der Waals surface area contributed by atoms with Crippen molar-refractivity contribution in [3.05, 3.63) is 144 Å². The molecule has 45 heavy (non-hydrogen) atoms. The van der Waals surface area contributed by atoms with Crippen molar-refractivity contribution in [2.45, 2.75) is 31.2 Å². The molecule has 1 aliphatic carbocycles. The number of hydrogen-bond donors (Lipinski definition) is 2. The van der Waals surface area contributed by atoms with E-state index in [-0.39, 0.29) is 43.4 Å². The van der Waals surface area contributed by atoms with E-state index in [1.807, 2.05) is 97.1 Å². The van der Waals surface area contributed by atoms with E-state index < -0.39 is 5.41 Å². The van der Waals surface area contributed by atoms with E-state index in [2.05, 4.69) is 39.8 Å². The van der Waals surface area contributed by atoms with E-state index in [1.165, 1.54) is 5.56 Å². The number of ketones is 1. The molecule has 2 fully saturated rings. The minimum absolute atomic E-state index is 0.0657. The summed E-state index contributed by atoms with van der Waals surface area (Å²) in [5, 5.41) is 5.86. The highest BCUT2D eigenvalue weighted by atomic mass is 16.2. The fourth-order valence-corrected chi connectivity index (χ4v) is 7.22. The minimum atomic E-state index is -0.735. The number of nitrogens with one attached hydrogen (secondary N) is 2. The molecule has 6 heteroatoms. The number of carbonyl (C=O) groups excluding carboxylic acids is 3. The lowest BCUT2D eigenvalue weighted by Gasteiger charge is -2.35. The molecule has 3 atom stereocenters. The maximum Gasteiger partial charge on any atom is 0.227 e. The Kier molecular flexibility index (Phi) is 9.51. The Balaban J connectivity index is 0.976. The number of Topliss-reactive ketones (excluding diaryl/α,β-unsaturated/α-hetero) is 1. The van der Waals surface area contributed by atoms with Gasteiger partial charge >= 0.3 is 0 Å². The van der Waals surface area contributed by atoms with Gasteiger partial charge in [0.25, 0.3) is 0 Å². The normalized spacial score (nSPS) is 19.0. The van der Waals surface area contributed by atoms with Crippen molar-refractivity contribution in [3.8, 4) is 0 Å². The van der Waals surface area contributed by atoms with E-state index in [0.717, 1.165) is 36.3 Å². The van der Waals surface area contributed by atoms with Crippen LogP contribution in [0.5, 0.6) is 0 Å². The van der Waals surface area contributed by atoms with Crippen molar-refractivity contribution in [2.24, 2.45) is 17.8 Å². The summed E-state index contributed by atoms with van der Waals surface area (Å²) in [5.74, 6) is 1.29. The van der Waals surface area contributed by atoms with Gasteiger partial charge in [-0.3, -0.25) is 19.3 Å². The first-order valence-corrected chi connectivity index (χ1v) is 16.0. The highest BCUT2D eigenvalue weighted by molar-refractivity contribution is 5.99. The third kappa shape index (κ3) is 7.23. The molecule has 4 aromatic rings. The molecule has 230 valence electrons. The van der Waals surface area contributed by atoms with Gasteiger partial charge < -0.3 is 10.6 Å². The van der Waals surface area contributed by atoms with E-state index in [0.29, 0.717) is 24.3 Å². The Labute approximate surface area is 265 Å². The minimum Gasteiger partial charge on any atom is -0.356 e. The van der Waals surface area contributed by atoms with E-state index in [4.69, 9.17) is 0 Å². The fraction of sp³-hybridized carbons (Fsp3) is 0.308. The highest BCUT2D eigenvalue weighted by Crippen LogP contribution is 2.51. The fourth-order valence-electron chi connectivity index (χ4n) is 7.22. The predicted octanol–water partition coefficient (Wildman–Crippen LogP) is 5.37. The van der Waals surface area contributed by atoms with Gasteiger partial charge in [0.05, 0.1) is 11.8 Å². The Hall–Kier alpha value is -4.55. The average Bonchev–Trinajstić information content (AvgIpc) is 3.54. The number of hydrogen-bond acceptors (Lipinski definition) is 4. The molecule has 4 aromatic carbocycles. The first-order chi connectivity index (χ1) is 22.0. The summed E-state index contributed by atoms with van der Waals surface area (Å²) in [4.78, 5) is 41.4. The lowest BCUT2D eigenvalue weighted by atomic mass is 9.66. The largest absolute Gasteiger partial charge is 0.356 e. The van der Waals surface area contributed by atoms with Gasteiger partial charge in [-0.2, -0.15) is 0 Å². The zero-order valence-corrected chi connectivity index (χ0v) is 25.6. The Morgan fingerprint density at radius 2 is 1.13 bits per heavy atom. The van der Waals surface area contributed by atoms with Crippen LogP contribution < -0.4 is 10.6 Å². The van der Waals surface area contributed by atoms with Crippen molar-refractivity contribution >= 4 is 17.6 Å². The van der Waals surface area contributed by atoms with E-state index in [1.54, 1.807) is 0 Å². The predicted molar refractivity (Wildman–Crippen MR) is 176 cm³/mol. The van der Waals surface area contributed by atoms with Crippen LogP contribution >= 0.6 is 0 Å². The molecule has 0 aromatic heterocycles. The summed E-state index contributed by atoms with van der Waals surface area (Å²) >= 11 is 0. The van der Waals surface area contributed by atoms with Crippen LogP contribution in [0.25, 0.3) is 0 Å². The molecular formula is C39H41N3O3. The lowest BCUT2D eigenvalue weighted by molar-refractivity contribution is -0.128. The van der Waals surface area contributed by atoms with Crippen molar-refractivity contribution < 1.29 is 14.4 Å². The molecule has 1 saturated heterocycles. The monoisotopic (exact) mass is 599 g/mol. The summed E-state index contributed by atoms with van der Waals surface area (Å²) in [7, 11) is 0. The first-order valence-electron chi connectivity index (χ1n) is 16.0. The molecule has 0 spiro atoms. The quantitative estimate of drug-likeness (QED) is 0.151. The zero-order valence-electron chi connectivity index (χ0n) is 25.6. The molecule has 0 bridgehead atoms. The molecule has 1 aliphatic heterocycles. The second-order valence-electron chi connectivity index (χ2n) is 12.5. The smallest absolute Gasteiger partial charge is 0.227 e. The van der Waals surface area contributed by atoms with Crippen LogP contribution in [0.1, 0.15) is 41.5 Å². The van der Waals surface area contributed by atoms with Crippen molar-refractivity contribution in [1.82, 2.24) is 15.5 Å². The summed E-state index contributed by atoms with van der Waals surface area (Å²) in [6, 6.07) is 40.6. The third-order valence-electron chi connectivity index (χ3n) is 9.52. The van der Waals surface area contributed by atoms with Crippen LogP contribution in [-0.4, -0.2) is 48.7 Å². The summed E-state index contributed by atoms with van der Waals surface area (Å²) < 4.78 is 0. The highest BCUT2D eigenvalue weighted by Gasteiger charge is 2.55. The van der Waals surface area contributed by atoms with Gasteiger partial charge in [0.2, 0.25) is 11.8 Å². The van der Waals surface area contributed by atoms with Gasteiger partial charge in [-0.1, -0.05) is 121 Å². The lowest BCUT2D eigenvalue weighted by Crippen LogP contribution is -2.36. The van der Waals surface area contributed by atoms with Gasteiger partial charge in [0.1, 0.15) is 5.78 Å². The van der Waals surface area contributed by atoms with Gasteiger partial charge in [0, 0.05) is 45.6 Å². The van der Waals surface area contributed by atoms with Crippen LogP contribution in [0, 0.1) is 17.8 Å². The summed E-state index contributed by atoms with van der Waals surface area (Å²) in [5.41, 5.74) is 3.60. The number of benzene rings is 4. The molecule has 1 saturated carbocycles. The molecule has 6 nitrogen and oxygen atoms in total. The number of piperidine rings is 1. The summed E-state index contributed by atoms with van der Waals surface area (Å²) in [6.07, 6.45) is 0.107. The standard InChI is InChI=1S/C39H41N3O3/c43-33(24-39(30-15-7-2-8-16-30,31-17-9-3-10-18-31)32-19-11-4-12-20-32)23-38(45)40-22-21-37(44)41-25-34-35-27-42(28-36(34)35)26-29-13-5-1-6-14-29/h1-20,34-36H,21-28H2,(H,40,45)(H,41,44)/t34?,35-,36+. The van der Waals surface area contributed by atoms with Gasteiger partial charge in [0.15, 0.2) is 0 Å². The molecule has 1 unspecified atom stereocenters. The van der Waals surface area contributed by atoms with Gasteiger partial charge in [-0.25, -0.2) is 0 Å². The van der Waals surface area contributed by atoms with E-state index >= 15 is 0 Å². The van der Waals surface area contributed by atoms with Gasteiger partial charge in [-0.15, -0.1) is 0 Å². The van der Waals surface area contributed by atoms with Crippen LogP contribution in [0.4, 0.5) is 0 Å². The maximum absolute atomic E-state index is 13.5. The van der Waals surface area contributed by atoms with Crippen LogP contribution in [-0.2, 0) is 26.3 Å². The molecular weight excluding hydrogens is 558 g/mol. The third-order valence-corrected chi connectivity index (χ3v) is 9.52. The summed E-state index contributed by atoms with van der Waals surface area (Å²) in [6.45, 7) is 4.07. The molecule has 2 N–H and O–H groups in total. The first kappa shape index (κ1) is 30.5. The maximum atomic E-state index is 13.5. The Morgan fingerprint density at radius 3 is 1.64 bits per heavy atom. The van der Waals surface area contributed by atoms with Crippen molar-refractivity contribution in [1.29, 1.82) is 0 Å². The number of nitrogens with zero attached hydrogens (tertiary/aromatic N) is 1. The van der Waals surface area contributed by atoms with E-state index in [9.17, 15) is 14.4 Å². The zero-order chi connectivity index (χ0) is 31.1. The molecule has 2 amide bonds. The second-order valence-corrected chi connectivity index (χ2v) is 12.5. The average molecular weight is 600 g/mol. The molecule has 6 rings (SSSR count). The van der Waals surface area contributed by atoms with Crippen molar-refractivity contribution in [2.75, 3.05) is 26.2 Å². The second kappa shape index (κ2) is 14.0. The van der Waals surface area contributed by atoms with Crippen LogP contribution in [0.2, 0.25) is 0 Å².